The molecule has 0 aliphatic heterocycles. The summed E-state index contributed by atoms with van der Waals surface area (Å²) in [6.07, 6.45) is 7.96. The molecule has 0 radical (unpaired) electrons. The minimum Gasteiger partial charge on any atom is -0.491 e. The first kappa shape index (κ1) is 40.4. The Morgan fingerprint density at radius 2 is 0.850 bits per heavy atom. The molecule has 7 aromatic rings. The molecular weight excluding hydrogens is 737 g/mol. The predicted molar refractivity (Wildman–Crippen MR) is 249 cm³/mol. The molecule has 0 heterocycles. The lowest BCUT2D eigenvalue weighted by molar-refractivity contribution is 0.242. The van der Waals surface area contributed by atoms with Crippen LogP contribution in [0.1, 0.15) is 55.5 Å². The molecule has 0 saturated carbocycles. The largest absolute Gasteiger partial charge is 0.491 e. The third kappa shape index (κ3) is 10.0. The number of anilines is 6. The van der Waals surface area contributed by atoms with Crippen LogP contribution in [0.15, 0.2) is 170 Å². The zero-order chi connectivity index (χ0) is 41.8. The Bertz CT molecular complexity index is 2450. The Balaban J connectivity index is 1.09. The van der Waals surface area contributed by atoms with Crippen LogP contribution in [-0.4, -0.2) is 12.2 Å². The molecule has 6 heteroatoms. The third-order valence-corrected chi connectivity index (χ3v) is 9.62. The first-order chi connectivity index (χ1) is 29.3. The zero-order valence-corrected chi connectivity index (χ0v) is 34.2. The maximum Gasteiger partial charge on any atom is 0.194 e. The van der Waals surface area contributed by atoms with Crippen molar-refractivity contribution in [3.8, 4) is 17.6 Å². The van der Waals surface area contributed by atoms with Gasteiger partial charge in [0.05, 0.1) is 30.4 Å². The van der Waals surface area contributed by atoms with Crippen LogP contribution < -0.4 is 19.3 Å². The first-order valence-electron chi connectivity index (χ1n) is 20.0. The highest BCUT2D eigenvalue weighted by Crippen LogP contribution is 2.37. The molecule has 0 fully saturated rings. The van der Waals surface area contributed by atoms with E-state index in [9.17, 15) is 5.26 Å². The van der Waals surface area contributed by atoms with E-state index in [0.717, 1.165) is 56.8 Å². The molecule has 6 nitrogen and oxygen atoms in total. The van der Waals surface area contributed by atoms with E-state index in [-0.39, 0.29) is 12.2 Å². The topological polar surface area (TPSA) is 53.1 Å². The quantitative estimate of drug-likeness (QED) is 0.0812. The lowest BCUT2D eigenvalue weighted by Gasteiger charge is -2.25. The zero-order valence-electron chi connectivity index (χ0n) is 34.2. The van der Waals surface area contributed by atoms with Crippen LogP contribution in [0.4, 0.5) is 39.8 Å². The van der Waals surface area contributed by atoms with E-state index in [1.54, 1.807) is 12.1 Å². The third-order valence-electron chi connectivity index (χ3n) is 9.62. The second-order valence-electron chi connectivity index (χ2n) is 14.7. The highest BCUT2D eigenvalue weighted by atomic mass is 16.5. The number of benzene rings is 7. The molecule has 0 unspecified atom stereocenters. The molecule has 294 valence electrons. The van der Waals surface area contributed by atoms with Gasteiger partial charge in [0.1, 0.15) is 11.5 Å². The predicted octanol–water partition coefficient (Wildman–Crippen LogP) is 15.0. The van der Waals surface area contributed by atoms with Crippen LogP contribution in [-0.2, 0) is 0 Å². The molecule has 0 aromatic heterocycles. The SMILES string of the molecule is [C-]#[N+]c1cc(C=Cc2ccc(N(c3ccccc3)c3ccc(OC(C)C)cc3)cc2)c(C#N)cc1C=Cc1ccc(N(c2ccccc2)c2ccc(OC(C)C)cc2)cc1. The molecule has 0 bridgehead atoms. The van der Waals surface area contributed by atoms with E-state index >= 15 is 0 Å². The molecule has 0 aliphatic rings. The minimum absolute atomic E-state index is 0.0997. The molecule has 0 saturated heterocycles. The number of nitriles is 1. The molecule has 7 aromatic carbocycles. The van der Waals surface area contributed by atoms with Crippen LogP contribution in [0.5, 0.6) is 11.5 Å². The van der Waals surface area contributed by atoms with E-state index in [0.29, 0.717) is 22.4 Å². The van der Waals surface area contributed by atoms with Gasteiger partial charge in [0, 0.05) is 34.1 Å². The van der Waals surface area contributed by atoms with Crippen molar-refractivity contribution in [2.75, 3.05) is 9.80 Å². The summed E-state index contributed by atoms with van der Waals surface area (Å²) in [6, 6.07) is 59.2. The maximum absolute atomic E-state index is 10.2. The molecular formula is C54H46N4O2. The highest BCUT2D eigenvalue weighted by molar-refractivity contribution is 5.84. The summed E-state index contributed by atoms with van der Waals surface area (Å²) in [5, 5.41) is 10.2. The van der Waals surface area contributed by atoms with Gasteiger partial charge >= 0.3 is 0 Å². The summed E-state index contributed by atoms with van der Waals surface area (Å²) in [7, 11) is 0. The van der Waals surface area contributed by atoms with Crippen LogP contribution >= 0.6 is 0 Å². The second kappa shape index (κ2) is 19.1. The van der Waals surface area contributed by atoms with Crippen molar-refractivity contribution in [2.24, 2.45) is 0 Å². The molecule has 7 rings (SSSR count). The van der Waals surface area contributed by atoms with Crippen molar-refractivity contribution in [1.82, 2.24) is 0 Å². The van der Waals surface area contributed by atoms with Crippen LogP contribution in [0, 0.1) is 17.9 Å². The monoisotopic (exact) mass is 782 g/mol. The van der Waals surface area contributed by atoms with E-state index < -0.39 is 0 Å². The average Bonchev–Trinajstić information content (AvgIpc) is 3.27. The molecule has 0 atom stereocenters. The van der Waals surface area contributed by atoms with Crippen molar-refractivity contribution < 1.29 is 9.47 Å². The molecule has 0 aliphatic carbocycles. The Labute approximate surface area is 354 Å². The van der Waals surface area contributed by atoms with Crippen LogP contribution in [0.2, 0.25) is 0 Å². The molecule has 0 amide bonds. The summed E-state index contributed by atoms with van der Waals surface area (Å²) in [5.41, 5.74) is 10.4. The normalized spacial score (nSPS) is 11.1. The van der Waals surface area contributed by atoms with E-state index in [4.69, 9.17) is 16.0 Å². The number of hydrogen-bond donors (Lipinski definition) is 0. The lowest BCUT2D eigenvalue weighted by atomic mass is 10.0. The fourth-order valence-electron chi connectivity index (χ4n) is 6.87. The number of nitrogens with zero attached hydrogens (tertiary/aromatic N) is 4. The van der Waals surface area contributed by atoms with E-state index in [1.807, 2.05) is 113 Å². The standard InChI is InChI=1S/C54H46N4O2/c1-39(2)59-52-32-28-50(29-33-52)57(46-12-8-6-9-13-46)48-24-18-41(19-25-48)16-22-43-37-54(56-5)44(36-45(43)38-55)23-17-42-20-26-49(27-21-42)58(47-14-10-7-11-15-47)51-30-34-53(35-31-51)60-40(3)4/h6-37,39-40H,1-4H3. The summed E-state index contributed by atoms with van der Waals surface area (Å²) >= 11 is 0. The molecule has 60 heavy (non-hydrogen) atoms. The van der Waals surface area contributed by atoms with Crippen molar-refractivity contribution in [1.29, 1.82) is 5.26 Å². The smallest absolute Gasteiger partial charge is 0.194 e. The van der Waals surface area contributed by atoms with E-state index in [2.05, 4.69) is 118 Å². The van der Waals surface area contributed by atoms with Gasteiger partial charge in [0.25, 0.3) is 0 Å². The average molecular weight is 783 g/mol. The maximum atomic E-state index is 10.2. The summed E-state index contributed by atoms with van der Waals surface area (Å²) in [6.45, 7) is 16.1. The van der Waals surface area contributed by atoms with Crippen LogP contribution in [0.3, 0.4) is 0 Å². The fourth-order valence-corrected chi connectivity index (χ4v) is 6.87. The second-order valence-corrected chi connectivity index (χ2v) is 14.7. The lowest BCUT2D eigenvalue weighted by Crippen LogP contribution is -2.10. The van der Waals surface area contributed by atoms with Crippen molar-refractivity contribution in [3.05, 3.63) is 209 Å². The van der Waals surface area contributed by atoms with Crippen LogP contribution in [0.25, 0.3) is 29.1 Å². The van der Waals surface area contributed by atoms with E-state index in [1.165, 1.54) is 0 Å². The summed E-state index contributed by atoms with van der Waals surface area (Å²) < 4.78 is 11.8. The first-order valence-corrected chi connectivity index (χ1v) is 20.0. The van der Waals surface area contributed by atoms with Gasteiger partial charge < -0.3 is 19.3 Å². The Morgan fingerprint density at radius 1 is 0.483 bits per heavy atom. The highest BCUT2D eigenvalue weighted by Gasteiger charge is 2.15. The number of ether oxygens (including phenoxy) is 2. The molecule has 0 N–H and O–H groups in total. The number of para-hydroxylation sites is 2. The fraction of sp³-hybridized carbons (Fsp3) is 0.111. The Hall–Kier alpha value is -7.80. The summed E-state index contributed by atoms with van der Waals surface area (Å²) in [4.78, 5) is 8.24. The molecule has 0 spiro atoms. The summed E-state index contributed by atoms with van der Waals surface area (Å²) in [5.74, 6) is 1.66. The Morgan fingerprint density at radius 3 is 1.22 bits per heavy atom. The van der Waals surface area contributed by atoms with Crippen molar-refractivity contribution >= 4 is 64.1 Å². The van der Waals surface area contributed by atoms with Crippen molar-refractivity contribution in [2.45, 2.75) is 39.9 Å². The van der Waals surface area contributed by atoms with Gasteiger partial charge in [0.15, 0.2) is 5.69 Å². The number of rotatable bonds is 14. The van der Waals surface area contributed by atoms with Gasteiger partial charge in [-0.1, -0.05) is 85.0 Å². The van der Waals surface area contributed by atoms with Gasteiger partial charge in [0.2, 0.25) is 0 Å². The van der Waals surface area contributed by atoms with Gasteiger partial charge in [-0.3, -0.25) is 0 Å². The number of hydrogen-bond acceptors (Lipinski definition) is 5. The van der Waals surface area contributed by atoms with Gasteiger partial charge in [-0.05, 0) is 159 Å². The van der Waals surface area contributed by atoms with Gasteiger partial charge in [-0.25, -0.2) is 4.85 Å². The Kier molecular flexibility index (Phi) is 12.9. The minimum atomic E-state index is 0.0997. The van der Waals surface area contributed by atoms with Crippen molar-refractivity contribution in [3.63, 3.8) is 0 Å². The van der Waals surface area contributed by atoms with Gasteiger partial charge in [-0.2, -0.15) is 5.26 Å². The van der Waals surface area contributed by atoms with Gasteiger partial charge in [-0.15, -0.1) is 0 Å².